The van der Waals surface area contributed by atoms with Crippen molar-refractivity contribution in [2.45, 2.75) is 37.8 Å². The fourth-order valence-electron chi connectivity index (χ4n) is 5.86. The van der Waals surface area contributed by atoms with Crippen LogP contribution in [-0.2, 0) is 25.6 Å². The van der Waals surface area contributed by atoms with Crippen LogP contribution in [0.3, 0.4) is 0 Å². The van der Waals surface area contributed by atoms with Crippen molar-refractivity contribution in [1.29, 1.82) is 0 Å². The molecule has 6 unspecified atom stereocenters. The van der Waals surface area contributed by atoms with Crippen LogP contribution in [0.1, 0.15) is 35.7 Å². The molecule has 0 spiro atoms. The fraction of sp³-hybridized carbons (Fsp3) is 0.542. The lowest BCUT2D eigenvalue weighted by Gasteiger charge is -2.52. The molecule has 1 aromatic carbocycles. The summed E-state index contributed by atoms with van der Waals surface area (Å²) in [6, 6.07) is 4.18. The quantitative estimate of drug-likeness (QED) is 0.587. The number of likely N-dealkylation sites (N-methyl/N-ethyl adjacent to an activating group) is 1. The maximum absolute atomic E-state index is 13.7. The number of hydrogen-bond donors (Lipinski definition) is 2. The first-order chi connectivity index (χ1) is 15.5. The molecule has 0 heterocycles. The third-order valence-electron chi connectivity index (χ3n) is 7.24. The van der Waals surface area contributed by atoms with Crippen molar-refractivity contribution in [2.24, 2.45) is 29.4 Å². The first-order valence-electron chi connectivity index (χ1n) is 11.1. The van der Waals surface area contributed by atoms with E-state index in [0.717, 1.165) is 12.0 Å². The van der Waals surface area contributed by atoms with Gasteiger partial charge in [-0.15, -0.1) is 0 Å². The van der Waals surface area contributed by atoms with Gasteiger partial charge in [0.15, 0.2) is 34.7 Å². The Labute approximate surface area is 191 Å². The van der Waals surface area contributed by atoms with Crippen LogP contribution in [0.2, 0.25) is 0 Å². The highest BCUT2D eigenvalue weighted by molar-refractivity contribution is 6.32. The van der Waals surface area contributed by atoms with Gasteiger partial charge in [0.05, 0.1) is 24.1 Å². The molecular formula is C24H28N2O7. The van der Waals surface area contributed by atoms with E-state index in [4.69, 9.17) is 10.5 Å². The van der Waals surface area contributed by atoms with E-state index in [9.17, 15) is 29.1 Å². The van der Waals surface area contributed by atoms with E-state index in [1.807, 2.05) is 6.92 Å². The van der Waals surface area contributed by atoms with Gasteiger partial charge in [-0.3, -0.25) is 28.9 Å². The first-order valence-corrected chi connectivity index (χ1v) is 11.1. The van der Waals surface area contributed by atoms with E-state index < -0.39 is 64.4 Å². The summed E-state index contributed by atoms with van der Waals surface area (Å²) in [7, 11) is 3.15. The van der Waals surface area contributed by atoms with E-state index in [1.54, 1.807) is 32.3 Å². The van der Waals surface area contributed by atoms with Crippen molar-refractivity contribution in [2.75, 3.05) is 20.7 Å². The third kappa shape index (κ3) is 3.25. The van der Waals surface area contributed by atoms with E-state index in [1.165, 1.54) is 4.90 Å². The molecule has 1 amide bonds. The molecule has 0 aliphatic heterocycles. The Bertz CT molecular complexity index is 1060. The summed E-state index contributed by atoms with van der Waals surface area (Å²) in [6.07, 6.45) is 1.20. The minimum absolute atomic E-state index is 0.101. The number of nitrogens with two attached hydrogens (primary N) is 1. The van der Waals surface area contributed by atoms with Crippen LogP contribution >= 0.6 is 0 Å². The molecule has 4 rings (SSSR count). The van der Waals surface area contributed by atoms with Gasteiger partial charge in [0.2, 0.25) is 5.91 Å². The van der Waals surface area contributed by atoms with Crippen LogP contribution in [0.5, 0.6) is 5.75 Å². The zero-order valence-electron chi connectivity index (χ0n) is 18.9. The summed E-state index contributed by atoms with van der Waals surface area (Å²) in [5.74, 6) is -9.03. The van der Waals surface area contributed by atoms with E-state index in [0.29, 0.717) is 18.8 Å². The lowest BCUT2D eigenvalue weighted by Crippen LogP contribution is -2.74. The molecule has 2 saturated carbocycles. The number of ketones is 4. The van der Waals surface area contributed by atoms with Gasteiger partial charge >= 0.3 is 0 Å². The molecular weight excluding hydrogens is 428 g/mol. The number of carbonyl (C=O) groups excluding carboxylic acids is 5. The number of carbonyl (C=O) groups is 5. The van der Waals surface area contributed by atoms with Crippen molar-refractivity contribution in [1.82, 2.24) is 4.90 Å². The van der Waals surface area contributed by atoms with Crippen LogP contribution in [0, 0.1) is 23.7 Å². The highest BCUT2D eigenvalue weighted by Crippen LogP contribution is 2.50. The minimum Gasteiger partial charge on any atom is -0.493 e. The molecule has 3 N–H and O–H groups in total. The molecule has 33 heavy (non-hydrogen) atoms. The number of primary amides is 1. The van der Waals surface area contributed by atoms with E-state index >= 15 is 0 Å². The average Bonchev–Trinajstić information content (AvgIpc) is 2.74. The number of benzene rings is 1. The van der Waals surface area contributed by atoms with Crippen LogP contribution < -0.4 is 10.5 Å². The maximum Gasteiger partial charge on any atom is 0.235 e. The summed E-state index contributed by atoms with van der Waals surface area (Å²) < 4.78 is 5.73. The van der Waals surface area contributed by atoms with Crippen molar-refractivity contribution >= 4 is 29.0 Å². The summed E-state index contributed by atoms with van der Waals surface area (Å²) in [5, 5.41) is 11.5. The Kier molecular flexibility index (Phi) is 5.74. The van der Waals surface area contributed by atoms with Gasteiger partial charge in [-0.1, -0.05) is 19.1 Å². The predicted octanol–water partition coefficient (Wildman–Crippen LogP) is -0.0498. The second-order valence-corrected chi connectivity index (χ2v) is 9.43. The van der Waals surface area contributed by atoms with Crippen molar-refractivity contribution < 1.29 is 33.8 Å². The number of hydrogen-bond acceptors (Lipinski definition) is 8. The Morgan fingerprint density at radius 3 is 2.52 bits per heavy atom. The van der Waals surface area contributed by atoms with Crippen LogP contribution in [-0.4, -0.2) is 71.4 Å². The molecule has 3 aliphatic rings. The smallest absolute Gasteiger partial charge is 0.235 e. The van der Waals surface area contributed by atoms with Gasteiger partial charge in [0.1, 0.15) is 5.75 Å². The average molecular weight is 456 g/mol. The maximum atomic E-state index is 13.7. The third-order valence-corrected chi connectivity index (χ3v) is 7.24. The molecule has 1 aromatic rings. The molecule has 9 heteroatoms. The van der Waals surface area contributed by atoms with E-state index in [-0.39, 0.29) is 12.0 Å². The molecule has 2 fully saturated rings. The monoisotopic (exact) mass is 456 g/mol. The largest absolute Gasteiger partial charge is 0.493 e. The van der Waals surface area contributed by atoms with Crippen LogP contribution in [0.25, 0.3) is 0 Å². The topological polar surface area (TPSA) is 144 Å². The number of ether oxygens (including phenoxy) is 1. The Hall–Kier alpha value is -2.91. The normalized spacial score (nSPS) is 33.4. The SMILES string of the molecule is CCCOc1cccc2c1C(=O)C1C(=O)C3(O)C(=O)C(C(N)=O)C(=O)C(N(C)C)C3CC1C2. The molecule has 0 bridgehead atoms. The van der Waals surface area contributed by atoms with Gasteiger partial charge in [-0.05, 0) is 50.9 Å². The predicted molar refractivity (Wildman–Crippen MR) is 115 cm³/mol. The number of rotatable bonds is 5. The van der Waals surface area contributed by atoms with E-state index in [2.05, 4.69) is 0 Å². The molecule has 9 nitrogen and oxygen atoms in total. The molecule has 0 radical (unpaired) electrons. The van der Waals surface area contributed by atoms with Gasteiger partial charge in [-0.25, -0.2) is 0 Å². The zero-order chi connectivity index (χ0) is 24.2. The lowest BCUT2D eigenvalue weighted by atomic mass is 9.52. The standard InChI is InChI=1S/C24H28N2O7/c1-4-8-33-14-7-5-6-11-9-12-10-13-18(26(2)3)20(28)17(23(25)31)22(30)24(13,32)21(29)16(12)19(27)15(11)14/h5-7,12-13,16-18,32H,4,8-10H2,1-3H3,(H2,25,31). The summed E-state index contributed by atoms with van der Waals surface area (Å²) in [4.78, 5) is 67.0. The second kappa shape index (κ2) is 8.14. The molecule has 3 aliphatic carbocycles. The fourth-order valence-corrected chi connectivity index (χ4v) is 5.86. The molecule has 176 valence electrons. The number of fused-ring (bicyclic) bond motifs is 3. The number of nitrogens with zero attached hydrogens (tertiary/aromatic N) is 1. The van der Waals surface area contributed by atoms with Gasteiger partial charge in [0.25, 0.3) is 0 Å². The van der Waals surface area contributed by atoms with Crippen LogP contribution in [0.4, 0.5) is 0 Å². The minimum atomic E-state index is -2.64. The van der Waals surface area contributed by atoms with Crippen molar-refractivity contribution in [3.8, 4) is 5.75 Å². The van der Waals surface area contributed by atoms with Gasteiger partial charge in [-0.2, -0.15) is 0 Å². The zero-order valence-corrected chi connectivity index (χ0v) is 18.9. The highest BCUT2D eigenvalue weighted by atomic mass is 16.5. The second-order valence-electron chi connectivity index (χ2n) is 9.43. The first kappa shape index (κ1) is 23.3. The Balaban J connectivity index is 1.82. The number of amides is 1. The van der Waals surface area contributed by atoms with Crippen molar-refractivity contribution in [3.63, 3.8) is 0 Å². The van der Waals surface area contributed by atoms with Gasteiger partial charge < -0.3 is 15.6 Å². The Morgan fingerprint density at radius 1 is 1.21 bits per heavy atom. The molecule has 0 saturated heterocycles. The Morgan fingerprint density at radius 2 is 1.91 bits per heavy atom. The summed E-state index contributed by atoms with van der Waals surface area (Å²) in [5.41, 5.74) is 3.70. The highest BCUT2D eigenvalue weighted by Gasteiger charge is 2.69. The molecule has 0 aromatic heterocycles. The number of aliphatic hydroxyl groups is 1. The van der Waals surface area contributed by atoms with Crippen molar-refractivity contribution in [3.05, 3.63) is 29.3 Å². The summed E-state index contributed by atoms with van der Waals surface area (Å²) in [6.45, 7) is 2.32. The summed E-state index contributed by atoms with van der Waals surface area (Å²) >= 11 is 0. The molecule has 6 atom stereocenters. The van der Waals surface area contributed by atoms with Crippen LogP contribution in [0.15, 0.2) is 18.2 Å². The lowest BCUT2D eigenvalue weighted by molar-refractivity contribution is -0.181. The number of Topliss-reactive ketones (excluding diaryl/α,β-unsaturated/α-hetero) is 4. The van der Waals surface area contributed by atoms with Gasteiger partial charge in [0, 0.05) is 5.92 Å².